The maximum absolute atomic E-state index is 5.57. The minimum absolute atomic E-state index is 0.0262. The molecule has 5 nitrogen and oxygen atoms in total. The maximum atomic E-state index is 5.57. The van der Waals surface area contributed by atoms with Crippen molar-refractivity contribution in [1.29, 1.82) is 0 Å². The van der Waals surface area contributed by atoms with Gasteiger partial charge in [0.15, 0.2) is 5.84 Å². The highest BCUT2D eigenvalue weighted by atomic mass is 32.1. The summed E-state index contributed by atoms with van der Waals surface area (Å²) in [7, 11) is 0. The summed E-state index contributed by atoms with van der Waals surface area (Å²) in [5, 5.41) is 7.82. The molecule has 0 bridgehead atoms. The second-order valence-corrected chi connectivity index (χ2v) is 2.63. The van der Waals surface area contributed by atoms with Gasteiger partial charge in [0.25, 0.3) is 0 Å². The lowest BCUT2D eigenvalue weighted by molar-refractivity contribution is 0.924. The Morgan fingerprint density at radius 2 is 2.27 bits per heavy atom. The first-order valence-electron chi connectivity index (χ1n) is 3.11. The first kappa shape index (κ1) is 6.53. The molecule has 2 heterocycles. The van der Waals surface area contributed by atoms with Crippen molar-refractivity contribution < 1.29 is 0 Å². The molecule has 0 aromatic rings. The van der Waals surface area contributed by atoms with Crippen molar-refractivity contribution in [1.82, 2.24) is 0 Å². The van der Waals surface area contributed by atoms with Gasteiger partial charge in [-0.15, -0.1) is 5.11 Å². The molecule has 1 unspecified atom stereocenters. The normalized spacial score (nSPS) is 28.0. The topological polar surface area (TPSA) is 75.5 Å². The number of thiocarbonyl (C=S) groups is 1. The highest BCUT2D eigenvalue weighted by molar-refractivity contribution is 7.80. The van der Waals surface area contributed by atoms with Gasteiger partial charge in [-0.2, -0.15) is 5.11 Å². The molecule has 0 aromatic heterocycles. The molecule has 2 rings (SSSR count). The number of azo groups is 1. The molecule has 0 amide bonds. The molecular formula is C5H5N5S. The Balaban J connectivity index is 2.41. The van der Waals surface area contributed by atoms with E-state index in [1.165, 1.54) is 0 Å². The Morgan fingerprint density at radius 1 is 1.45 bits per heavy atom. The first-order chi connectivity index (χ1) is 5.27. The predicted octanol–water partition coefficient (Wildman–Crippen LogP) is 0.123. The summed E-state index contributed by atoms with van der Waals surface area (Å²) in [6.45, 7) is 0.552. The molecule has 11 heavy (non-hydrogen) atoms. The smallest absolute Gasteiger partial charge is 0.222 e. The monoisotopic (exact) mass is 167 g/mol. The zero-order chi connectivity index (χ0) is 7.84. The van der Waals surface area contributed by atoms with Gasteiger partial charge >= 0.3 is 0 Å². The van der Waals surface area contributed by atoms with Crippen molar-refractivity contribution in [2.75, 3.05) is 6.54 Å². The number of nitrogens with two attached hydrogens (primary N) is 1. The average molecular weight is 167 g/mol. The Bertz CT molecular complexity index is 302. The largest absolute Gasteiger partial charge is 0.386 e. The van der Waals surface area contributed by atoms with Gasteiger partial charge in [0.05, 0.1) is 12.5 Å². The Hall–Kier alpha value is -1.17. The lowest BCUT2D eigenvalue weighted by Gasteiger charge is -2.10. The molecule has 0 aromatic carbocycles. The quantitative estimate of drug-likeness (QED) is 0.520. The van der Waals surface area contributed by atoms with Crippen LogP contribution in [0.5, 0.6) is 0 Å². The third kappa shape index (κ3) is 0.949. The third-order valence-electron chi connectivity index (χ3n) is 1.54. The van der Waals surface area contributed by atoms with Crippen LogP contribution in [0, 0.1) is 5.92 Å². The number of amidine groups is 2. The number of rotatable bonds is 0. The second kappa shape index (κ2) is 2.16. The van der Waals surface area contributed by atoms with Crippen molar-refractivity contribution >= 4 is 29.0 Å². The molecule has 2 N–H and O–H groups in total. The van der Waals surface area contributed by atoms with E-state index in [2.05, 4.69) is 20.2 Å². The van der Waals surface area contributed by atoms with Crippen LogP contribution in [0.15, 0.2) is 20.2 Å². The number of hydrogen-bond acceptors (Lipinski definition) is 4. The van der Waals surface area contributed by atoms with Crippen molar-refractivity contribution in [3.05, 3.63) is 0 Å². The van der Waals surface area contributed by atoms with Gasteiger partial charge in [0.2, 0.25) is 5.11 Å². The van der Waals surface area contributed by atoms with E-state index in [0.29, 0.717) is 18.2 Å². The Kier molecular flexibility index (Phi) is 1.28. The molecule has 56 valence electrons. The molecule has 0 saturated heterocycles. The van der Waals surface area contributed by atoms with Crippen LogP contribution in [-0.2, 0) is 0 Å². The van der Waals surface area contributed by atoms with Crippen LogP contribution in [0.25, 0.3) is 0 Å². The van der Waals surface area contributed by atoms with E-state index in [9.17, 15) is 0 Å². The van der Waals surface area contributed by atoms with Crippen LogP contribution in [-0.4, -0.2) is 23.3 Å². The fourth-order valence-electron chi connectivity index (χ4n) is 0.984. The highest BCUT2D eigenvalue weighted by Gasteiger charge is 2.28. The van der Waals surface area contributed by atoms with Crippen molar-refractivity contribution in [3.63, 3.8) is 0 Å². The number of hydrogen-bond donors (Lipinski definition) is 1. The molecule has 0 spiro atoms. The van der Waals surface area contributed by atoms with Crippen LogP contribution >= 0.6 is 12.2 Å². The summed E-state index contributed by atoms with van der Waals surface area (Å²) in [4.78, 5) is 7.76. The second-order valence-electron chi connectivity index (χ2n) is 2.27. The predicted molar refractivity (Wildman–Crippen MR) is 44.9 cm³/mol. The summed E-state index contributed by atoms with van der Waals surface area (Å²) in [6.07, 6.45) is 0. The molecule has 2 aliphatic rings. The lowest BCUT2D eigenvalue weighted by atomic mass is 10.1. The molecule has 0 radical (unpaired) electrons. The average Bonchev–Trinajstić information content (AvgIpc) is 2.34. The fourth-order valence-corrected chi connectivity index (χ4v) is 1.18. The molecule has 0 aliphatic carbocycles. The van der Waals surface area contributed by atoms with E-state index < -0.39 is 0 Å². The van der Waals surface area contributed by atoms with Gasteiger partial charge in [-0.05, 0) is 12.2 Å². The van der Waals surface area contributed by atoms with Gasteiger partial charge in [-0.25, -0.2) is 9.98 Å². The molecular weight excluding hydrogens is 162 g/mol. The van der Waals surface area contributed by atoms with Gasteiger partial charge in [0.1, 0.15) is 5.84 Å². The number of nitrogens with zero attached hydrogens (tertiary/aromatic N) is 4. The van der Waals surface area contributed by atoms with Crippen LogP contribution in [0.1, 0.15) is 0 Å². The van der Waals surface area contributed by atoms with E-state index in [1.807, 2.05) is 0 Å². The highest BCUT2D eigenvalue weighted by Crippen LogP contribution is 2.15. The van der Waals surface area contributed by atoms with Gasteiger partial charge in [-0.3, -0.25) is 0 Å². The lowest BCUT2D eigenvalue weighted by Crippen LogP contribution is -2.33. The van der Waals surface area contributed by atoms with E-state index in [1.54, 1.807) is 0 Å². The number of fused-ring (bicyclic) bond motifs is 1. The van der Waals surface area contributed by atoms with Crippen molar-refractivity contribution in [3.8, 4) is 0 Å². The molecule has 2 aliphatic heterocycles. The molecule has 0 saturated carbocycles. The summed E-state index contributed by atoms with van der Waals surface area (Å²) >= 11 is 4.75. The molecule has 6 heteroatoms. The molecule has 1 atom stereocenters. The van der Waals surface area contributed by atoms with E-state index in [4.69, 9.17) is 18.0 Å². The van der Waals surface area contributed by atoms with Crippen LogP contribution in [0.4, 0.5) is 0 Å². The van der Waals surface area contributed by atoms with Crippen molar-refractivity contribution in [2.45, 2.75) is 0 Å². The van der Waals surface area contributed by atoms with Crippen molar-refractivity contribution in [2.24, 2.45) is 31.9 Å². The zero-order valence-corrected chi connectivity index (χ0v) is 6.38. The van der Waals surface area contributed by atoms with E-state index >= 15 is 0 Å². The minimum atomic E-state index is -0.0262. The maximum Gasteiger partial charge on any atom is 0.222 e. The van der Waals surface area contributed by atoms with E-state index in [0.717, 1.165) is 0 Å². The summed E-state index contributed by atoms with van der Waals surface area (Å²) < 4.78 is 0. The Labute approximate surface area is 68.1 Å². The minimum Gasteiger partial charge on any atom is -0.386 e. The van der Waals surface area contributed by atoms with Gasteiger partial charge in [0, 0.05) is 0 Å². The summed E-state index contributed by atoms with van der Waals surface area (Å²) in [5.41, 5.74) is 5.57. The third-order valence-corrected chi connectivity index (χ3v) is 1.72. The van der Waals surface area contributed by atoms with Crippen LogP contribution in [0.3, 0.4) is 0 Å². The van der Waals surface area contributed by atoms with Gasteiger partial charge in [-0.1, -0.05) is 0 Å². The first-order valence-corrected chi connectivity index (χ1v) is 3.52. The van der Waals surface area contributed by atoms with Crippen LogP contribution < -0.4 is 5.73 Å². The summed E-state index contributed by atoms with van der Waals surface area (Å²) in [6, 6.07) is 0. The zero-order valence-electron chi connectivity index (χ0n) is 5.56. The Morgan fingerprint density at radius 3 is 3.09 bits per heavy atom. The summed E-state index contributed by atoms with van der Waals surface area (Å²) in [5.74, 6) is 1.05. The molecule has 0 fully saturated rings. The number of aliphatic imine (C=N–C) groups is 2. The van der Waals surface area contributed by atoms with Crippen LogP contribution in [0.2, 0.25) is 0 Å². The van der Waals surface area contributed by atoms with Gasteiger partial charge < -0.3 is 5.73 Å². The van der Waals surface area contributed by atoms with E-state index in [-0.39, 0.29) is 11.0 Å². The fraction of sp³-hybridized carbons (Fsp3) is 0.400. The standard InChI is InChI=1S/C5H5N5S/c6-3-2-1-7-10-4(2)9-5(11)8-3/h2H,1H2,(H2,6,8,11). The SMILES string of the molecule is NC1=NC(=S)N=C2N=NCC12.